The molecule has 13 heavy (non-hydrogen) atoms. The predicted octanol–water partition coefficient (Wildman–Crippen LogP) is 1.84. The highest BCUT2D eigenvalue weighted by molar-refractivity contribution is 5.73. The minimum atomic E-state index is 0.0689. The summed E-state index contributed by atoms with van der Waals surface area (Å²) in [7, 11) is 1.69. The summed E-state index contributed by atoms with van der Waals surface area (Å²) in [5.74, 6) is 0. The highest BCUT2D eigenvalue weighted by Crippen LogP contribution is 2.32. The zero-order valence-electron chi connectivity index (χ0n) is 8.89. The van der Waals surface area contributed by atoms with E-state index in [-0.39, 0.29) is 6.03 Å². The van der Waals surface area contributed by atoms with Gasteiger partial charge in [0.2, 0.25) is 0 Å². The minimum Gasteiger partial charge on any atom is -0.341 e. The Bertz CT molecular complexity index is 193. The van der Waals surface area contributed by atoms with E-state index in [2.05, 4.69) is 19.2 Å². The lowest BCUT2D eigenvalue weighted by Gasteiger charge is -2.39. The first-order valence-corrected chi connectivity index (χ1v) is 5.08. The van der Waals surface area contributed by atoms with Gasteiger partial charge >= 0.3 is 6.03 Å². The molecule has 3 nitrogen and oxygen atoms in total. The summed E-state index contributed by atoms with van der Waals surface area (Å²) in [6.07, 6.45) is 3.54. The van der Waals surface area contributed by atoms with Crippen molar-refractivity contribution in [2.24, 2.45) is 5.41 Å². The molecule has 1 rings (SSSR count). The fraction of sp³-hybridized carbons (Fsp3) is 0.900. The number of hydrogen-bond donors (Lipinski definition) is 1. The third kappa shape index (κ3) is 2.36. The van der Waals surface area contributed by atoms with Gasteiger partial charge in [0.1, 0.15) is 0 Å². The number of likely N-dealkylation sites (tertiary alicyclic amines) is 1. The van der Waals surface area contributed by atoms with Crippen LogP contribution < -0.4 is 5.32 Å². The third-order valence-electron chi connectivity index (χ3n) is 3.14. The highest BCUT2D eigenvalue weighted by atomic mass is 16.2. The lowest BCUT2D eigenvalue weighted by atomic mass is 9.80. The van der Waals surface area contributed by atoms with Crippen LogP contribution in [-0.4, -0.2) is 31.1 Å². The Morgan fingerprint density at radius 3 is 2.85 bits per heavy atom. The molecule has 0 aliphatic carbocycles. The van der Waals surface area contributed by atoms with Gasteiger partial charge in [0.15, 0.2) is 0 Å². The Balaban J connectivity index is 2.56. The van der Waals surface area contributed by atoms with Crippen LogP contribution in [0, 0.1) is 5.41 Å². The smallest absolute Gasteiger partial charge is 0.317 e. The summed E-state index contributed by atoms with van der Waals surface area (Å²) in [5, 5.41) is 2.68. The lowest BCUT2D eigenvalue weighted by molar-refractivity contribution is 0.115. The minimum absolute atomic E-state index is 0.0689. The second kappa shape index (κ2) is 3.99. The van der Waals surface area contributed by atoms with Gasteiger partial charge in [-0.3, -0.25) is 0 Å². The molecule has 76 valence electrons. The summed E-state index contributed by atoms with van der Waals surface area (Å²) in [6, 6.07) is 0.0689. The molecule has 1 heterocycles. The van der Waals surface area contributed by atoms with Gasteiger partial charge in [0.25, 0.3) is 0 Å². The van der Waals surface area contributed by atoms with E-state index in [0.29, 0.717) is 5.41 Å². The van der Waals surface area contributed by atoms with Gasteiger partial charge in [-0.1, -0.05) is 13.8 Å². The normalized spacial score (nSPS) is 28.7. The number of carbonyl (C=O) groups is 1. The maximum Gasteiger partial charge on any atom is 0.317 e. The van der Waals surface area contributed by atoms with Crippen molar-refractivity contribution in [2.45, 2.75) is 33.1 Å². The molecule has 0 saturated carbocycles. The van der Waals surface area contributed by atoms with Gasteiger partial charge < -0.3 is 10.2 Å². The van der Waals surface area contributed by atoms with Crippen LogP contribution in [0.1, 0.15) is 33.1 Å². The van der Waals surface area contributed by atoms with E-state index < -0.39 is 0 Å². The molecular formula is C10H20N2O. The second-order valence-corrected chi connectivity index (χ2v) is 4.24. The zero-order chi connectivity index (χ0) is 9.90. The Labute approximate surface area is 80.5 Å². The highest BCUT2D eigenvalue weighted by Gasteiger charge is 2.30. The molecule has 1 N–H and O–H groups in total. The molecule has 1 aliphatic heterocycles. The van der Waals surface area contributed by atoms with E-state index in [1.54, 1.807) is 7.05 Å². The van der Waals surface area contributed by atoms with Crippen molar-refractivity contribution in [3.05, 3.63) is 0 Å². The molecular weight excluding hydrogens is 164 g/mol. The van der Waals surface area contributed by atoms with Crippen LogP contribution in [0.4, 0.5) is 4.79 Å². The van der Waals surface area contributed by atoms with E-state index in [1.165, 1.54) is 6.42 Å². The number of carbonyl (C=O) groups excluding carboxylic acids is 1. The van der Waals surface area contributed by atoms with Crippen LogP contribution in [0.2, 0.25) is 0 Å². The number of rotatable bonds is 1. The Morgan fingerprint density at radius 1 is 1.62 bits per heavy atom. The second-order valence-electron chi connectivity index (χ2n) is 4.24. The van der Waals surface area contributed by atoms with Gasteiger partial charge in [-0.2, -0.15) is 0 Å². The number of urea groups is 1. The summed E-state index contributed by atoms with van der Waals surface area (Å²) >= 11 is 0. The van der Waals surface area contributed by atoms with Crippen molar-refractivity contribution in [1.82, 2.24) is 10.2 Å². The van der Waals surface area contributed by atoms with Crippen molar-refractivity contribution in [3.8, 4) is 0 Å². The van der Waals surface area contributed by atoms with Crippen LogP contribution >= 0.6 is 0 Å². The van der Waals surface area contributed by atoms with E-state index in [1.807, 2.05) is 4.90 Å². The van der Waals surface area contributed by atoms with Crippen molar-refractivity contribution >= 4 is 6.03 Å². The summed E-state index contributed by atoms with van der Waals surface area (Å²) in [4.78, 5) is 13.3. The third-order valence-corrected chi connectivity index (χ3v) is 3.14. The van der Waals surface area contributed by atoms with Crippen molar-refractivity contribution < 1.29 is 4.79 Å². The first-order chi connectivity index (χ1) is 6.11. The summed E-state index contributed by atoms with van der Waals surface area (Å²) in [5.41, 5.74) is 0.338. The number of amides is 2. The SMILES string of the molecule is CCC1(C)CCCN(C(=O)NC)C1. The van der Waals surface area contributed by atoms with Gasteiger partial charge in [-0.15, -0.1) is 0 Å². The molecule has 1 saturated heterocycles. The van der Waals surface area contributed by atoms with Gasteiger partial charge in [-0.25, -0.2) is 4.79 Å². The monoisotopic (exact) mass is 184 g/mol. The predicted molar refractivity (Wildman–Crippen MR) is 53.7 cm³/mol. The van der Waals surface area contributed by atoms with Crippen molar-refractivity contribution in [2.75, 3.05) is 20.1 Å². The molecule has 0 bridgehead atoms. The zero-order valence-corrected chi connectivity index (χ0v) is 8.89. The number of hydrogen-bond acceptors (Lipinski definition) is 1. The van der Waals surface area contributed by atoms with Crippen LogP contribution in [0.3, 0.4) is 0 Å². The Hall–Kier alpha value is -0.730. The molecule has 2 amide bonds. The lowest BCUT2D eigenvalue weighted by Crippen LogP contribution is -2.47. The van der Waals surface area contributed by atoms with E-state index >= 15 is 0 Å². The maximum absolute atomic E-state index is 11.4. The van der Waals surface area contributed by atoms with Gasteiger partial charge in [0, 0.05) is 20.1 Å². The van der Waals surface area contributed by atoms with Crippen molar-refractivity contribution in [1.29, 1.82) is 0 Å². The number of nitrogens with one attached hydrogen (secondary N) is 1. The molecule has 1 fully saturated rings. The average molecular weight is 184 g/mol. The molecule has 0 aromatic carbocycles. The van der Waals surface area contributed by atoms with E-state index in [9.17, 15) is 4.79 Å². The Kier molecular flexibility index (Phi) is 3.17. The van der Waals surface area contributed by atoms with Crippen LogP contribution in [0.5, 0.6) is 0 Å². The van der Waals surface area contributed by atoms with Gasteiger partial charge in [-0.05, 0) is 24.7 Å². The van der Waals surface area contributed by atoms with Crippen molar-refractivity contribution in [3.63, 3.8) is 0 Å². The molecule has 3 heteroatoms. The fourth-order valence-electron chi connectivity index (χ4n) is 1.94. The quantitative estimate of drug-likeness (QED) is 0.662. The number of piperidine rings is 1. The van der Waals surface area contributed by atoms with E-state index in [4.69, 9.17) is 0 Å². The average Bonchev–Trinajstić information content (AvgIpc) is 2.17. The Morgan fingerprint density at radius 2 is 2.31 bits per heavy atom. The standard InChI is InChI=1S/C10H20N2O/c1-4-10(2)6-5-7-12(8-10)9(13)11-3/h4-8H2,1-3H3,(H,11,13). The van der Waals surface area contributed by atoms with Crippen LogP contribution in [-0.2, 0) is 0 Å². The first kappa shape index (κ1) is 10.4. The molecule has 1 unspecified atom stereocenters. The molecule has 0 spiro atoms. The molecule has 0 aromatic rings. The van der Waals surface area contributed by atoms with Crippen LogP contribution in [0.15, 0.2) is 0 Å². The molecule has 0 radical (unpaired) electrons. The molecule has 1 atom stereocenters. The van der Waals surface area contributed by atoms with Gasteiger partial charge in [0.05, 0.1) is 0 Å². The summed E-state index contributed by atoms with van der Waals surface area (Å²) in [6.45, 7) is 6.29. The topological polar surface area (TPSA) is 32.3 Å². The maximum atomic E-state index is 11.4. The van der Waals surface area contributed by atoms with E-state index in [0.717, 1.165) is 25.9 Å². The fourth-order valence-corrected chi connectivity index (χ4v) is 1.94. The largest absolute Gasteiger partial charge is 0.341 e. The molecule has 1 aliphatic rings. The number of nitrogens with zero attached hydrogens (tertiary/aromatic N) is 1. The summed E-state index contributed by atoms with van der Waals surface area (Å²) < 4.78 is 0. The first-order valence-electron chi connectivity index (χ1n) is 5.08. The van der Waals surface area contributed by atoms with Crippen LogP contribution in [0.25, 0.3) is 0 Å². The molecule has 0 aromatic heterocycles.